The van der Waals surface area contributed by atoms with Gasteiger partial charge in [-0.3, -0.25) is 15.2 Å². The number of para-hydroxylation sites is 1. The molecule has 0 saturated heterocycles. The molecule has 0 spiro atoms. The van der Waals surface area contributed by atoms with Gasteiger partial charge in [0.2, 0.25) is 5.17 Å². The molecule has 2 aromatic heterocycles. The number of nitrogens with zero attached hydrogens (tertiary/aromatic N) is 5. The molecular formula is C26H16Cl2N6OS. The number of aromatic nitrogens is 2. The molecule has 176 valence electrons. The summed E-state index contributed by atoms with van der Waals surface area (Å²) in [5.41, 5.74) is 3.50. The lowest BCUT2D eigenvalue weighted by Crippen LogP contribution is -2.35. The summed E-state index contributed by atoms with van der Waals surface area (Å²) >= 11 is 14.1. The minimum Gasteiger partial charge on any atom is -0.342 e. The average Bonchev–Trinajstić information content (AvgIpc) is 3.46. The first-order valence-electron chi connectivity index (χ1n) is 10.9. The highest BCUT2D eigenvalue weighted by atomic mass is 35.5. The predicted molar refractivity (Wildman–Crippen MR) is 146 cm³/mol. The fourth-order valence-electron chi connectivity index (χ4n) is 4.13. The van der Waals surface area contributed by atoms with E-state index in [1.54, 1.807) is 18.5 Å². The van der Waals surface area contributed by atoms with Gasteiger partial charge in [-0.2, -0.15) is 15.1 Å². The van der Waals surface area contributed by atoms with E-state index < -0.39 is 5.91 Å². The van der Waals surface area contributed by atoms with Crippen molar-refractivity contribution in [3.63, 3.8) is 0 Å². The molecule has 1 N–H and O–H groups in total. The fraction of sp³-hybridized carbons (Fsp3) is 0.0385. The zero-order chi connectivity index (χ0) is 24.8. The molecule has 0 atom stereocenters. The maximum atomic E-state index is 13.0. The van der Waals surface area contributed by atoms with Crippen LogP contribution in [0.2, 0.25) is 10.0 Å². The SMILES string of the molecule is N=C1C(=Cc2cn(Cc3c(Cl)cccc3Cl)c3ccccc23)C(=O)N=C2SC(c3cccnc3)=NN12. The van der Waals surface area contributed by atoms with Crippen molar-refractivity contribution >= 4 is 73.9 Å². The molecule has 2 aromatic carbocycles. The third-order valence-electron chi connectivity index (χ3n) is 5.87. The molecule has 4 heterocycles. The summed E-state index contributed by atoms with van der Waals surface area (Å²) in [6, 6.07) is 17.0. The minimum absolute atomic E-state index is 0.0256. The molecule has 7 nitrogen and oxygen atoms in total. The third-order valence-corrected chi connectivity index (χ3v) is 7.54. The molecule has 0 saturated carbocycles. The molecule has 10 heteroatoms. The molecule has 0 fully saturated rings. The van der Waals surface area contributed by atoms with Crippen LogP contribution in [0.25, 0.3) is 17.0 Å². The van der Waals surface area contributed by atoms with Gasteiger partial charge in [-0.25, -0.2) is 0 Å². The summed E-state index contributed by atoms with van der Waals surface area (Å²) < 4.78 is 2.03. The van der Waals surface area contributed by atoms with Crippen molar-refractivity contribution in [2.75, 3.05) is 0 Å². The van der Waals surface area contributed by atoms with Gasteiger partial charge in [0.1, 0.15) is 5.04 Å². The maximum absolute atomic E-state index is 13.0. The zero-order valence-electron chi connectivity index (χ0n) is 18.5. The van der Waals surface area contributed by atoms with Crippen LogP contribution in [0, 0.1) is 5.41 Å². The van der Waals surface area contributed by atoms with Gasteiger partial charge in [-0.15, -0.1) is 0 Å². The number of hydrogen-bond acceptors (Lipinski definition) is 5. The number of carbonyl (C=O) groups is 1. The number of nitrogens with one attached hydrogen (secondary N) is 1. The number of fused-ring (bicyclic) bond motifs is 2. The van der Waals surface area contributed by atoms with Crippen LogP contribution < -0.4 is 0 Å². The molecule has 0 bridgehead atoms. The van der Waals surface area contributed by atoms with E-state index in [0.29, 0.717) is 26.8 Å². The molecule has 6 rings (SSSR count). The van der Waals surface area contributed by atoms with Crippen LogP contribution in [0.15, 0.2) is 88.9 Å². The highest BCUT2D eigenvalue weighted by Crippen LogP contribution is 2.33. The Bertz CT molecular complexity index is 1640. The topological polar surface area (TPSA) is 86.7 Å². The molecule has 2 aliphatic rings. The van der Waals surface area contributed by atoms with Gasteiger partial charge in [0.15, 0.2) is 5.84 Å². The van der Waals surface area contributed by atoms with Crippen molar-refractivity contribution in [3.05, 3.63) is 105 Å². The van der Waals surface area contributed by atoms with Crippen molar-refractivity contribution in [1.29, 1.82) is 5.41 Å². The van der Waals surface area contributed by atoms with Gasteiger partial charge in [0.05, 0.1) is 12.1 Å². The van der Waals surface area contributed by atoms with Gasteiger partial charge in [0, 0.05) is 56.2 Å². The largest absolute Gasteiger partial charge is 0.342 e. The first-order chi connectivity index (χ1) is 17.5. The Labute approximate surface area is 220 Å². The van der Waals surface area contributed by atoms with Gasteiger partial charge in [-0.1, -0.05) is 47.5 Å². The van der Waals surface area contributed by atoms with E-state index in [0.717, 1.165) is 27.6 Å². The fourth-order valence-corrected chi connectivity index (χ4v) is 5.53. The third kappa shape index (κ3) is 3.93. The minimum atomic E-state index is -0.479. The van der Waals surface area contributed by atoms with E-state index in [1.807, 2.05) is 65.4 Å². The smallest absolute Gasteiger partial charge is 0.283 e. The van der Waals surface area contributed by atoms with Gasteiger partial charge >= 0.3 is 0 Å². The number of amidine groups is 2. The Balaban J connectivity index is 1.39. The predicted octanol–water partition coefficient (Wildman–Crippen LogP) is 6.06. The van der Waals surface area contributed by atoms with E-state index in [-0.39, 0.29) is 11.4 Å². The monoisotopic (exact) mass is 530 g/mol. The molecule has 0 aliphatic carbocycles. The van der Waals surface area contributed by atoms with Gasteiger partial charge < -0.3 is 4.57 Å². The number of hydrazone groups is 1. The summed E-state index contributed by atoms with van der Waals surface area (Å²) in [4.78, 5) is 21.3. The summed E-state index contributed by atoms with van der Waals surface area (Å²) in [5, 5.41) is 17.7. The Morgan fingerprint density at radius 2 is 1.83 bits per heavy atom. The Morgan fingerprint density at radius 1 is 1.03 bits per heavy atom. The number of pyridine rings is 1. The van der Waals surface area contributed by atoms with Crippen molar-refractivity contribution in [2.24, 2.45) is 10.1 Å². The zero-order valence-corrected chi connectivity index (χ0v) is 20.8. The molecule has 4 aromatic rings. The molecular weight excluding hydrogens is 515 g/mol. The summed E-state index contributed by atoms with van der Waals surface area (Å²) in [5.74, 6) is -0.505. The Hall–Kier alpha value is -3.72. The van der Waals surface area contributed by atoms with E-state index in [9.17, 15) is 4.79 Å². The standard InChI is InChI=1S/C26H16Cl2N6OS/c27-20-7-3-8-21(28)19(20)14-33-13-16(17-6-1-2-9-22(17)33)11-18-23(29)34-26(31-24(18)35)36-25(32-34)15-5-4-10-30-12-15/h1-13,29H,14H2. The number of thioether (sulfide) groups is 1. The highest BCUT2D eigenvalue weighted by molar-refractivity contribution is 8.27. The Morgan fingerprint density at radius 3 is 2.61 bits per heavy atom. The van der Waals surface area contributed by atoms with E-state index in [2.05, 4.69) is 15.1 Å². The van der Waals surface area contributed by atoms with Crippen molar-refractivity contribution in [1.82, 2.24) is 14.6 Å². The number of amides is 1. The van der Waals surface area contributed by atoms with Crippen molar-refractivity contribution in [3.8, 4) is 0 Å². The summed E-state index contributed by atoms with van der Waals surface area (Å²) in [7, 11) is 0. The van der Waals surface area contributed by atoms with Crippen LogP contribution in [0.4, 0.5) is 0 Å². The maximum Gasteiger partial charge on any atom is 0.283 e. The summed E-state index contributed by atoms with van der Waals surface area (Å²) in [6.07, 6.45) is 6.99. The molecule has 36 heavy (non-hydrogen) atoms. The van der Waals surface area contributed by atoms with E-state index in [4.69, 9.17) is 28.6 Å². The second-order valence-electron chi connectivity index (χ2n) is 8.10. The van der Waals surface area contributed by atoms with Gasteiger partial charge in [-0.05, 0) is 48.2 Å². The lowest BCUT2D eigenvalue weighted by atomic mass is 10.1. The van der Waals surface area contributed by atoms with Crippen LogP contribution in [0.3, 0.4) is 0 Å². The molecule has 0 radical (unpaired) electrons. The summed E-state index contributed by atoms with van der Waals surface area (Å²) in [6.45, 7) is 0.456. The first kappa shape index (κ1) is 22.7. The van der Waals surface area contributed by atoms with E-state index >= 15 is 0 Å². The molecule has 2 aliphatic heterocycles. The number of carbonyl (C=O) groups excluding carboxylic acids is 1. The second kappa shape index (κ2) is 9.05. The first-order valence-corrected chi connectivity index (χ1v) is 12.5. The van der Waals surface area contributed by atoms with Crippen LogP contribution in [-0.4, -0.2) is 36.5 Å². The van der Waals surface area contributed by atoms with Crippen LogP contribution in [0.5, 0.6) is 0 Å². The van der Waals surface area contributed by atoms with Crippen LogP contribution in [-0.2, 0) is 11.3 Å². The van der Waals surface area contributed by atoms with E-state index in [1.165, 1.54) is 16.8 Å². The average molecular weight is 531 g/mol. The number of halogens is 2. The highest BCUT2D eigenvalue weighted by Gasteiger charge is 2.36. The van der Waals surface area contributed by atoms with Gasteiger partial charge in [0.25, 0.3) is 5.91 Å². The normalized spacial score (nSPS) is 16.5. The number of hydrogen-bond donors (Lipinski definition) is 1. The number of rotatable bonds is 4. The Kier molecular flexibility index (Phi) is 5.72. The second-order valence-corrected chi connectivity index (χ2v) is 9.87. The molecule has 0 unspecified atom stereocenters. The van der Waals surface area contributed by atoms with Crippen molar-refractivity contribution in [2.45, 2.75) is 6.54 Å². The number of benzene rings is 2. The lowest BCUT2D eigenvalue weighted by molar-refractivity contribution is -0.114. The van der Waals surface area contributed by atoms with Crippen LogP contribution >= 0.6 is 35.0 Å². The van der Waals surface area contributed by atoms with Crippen molar-refractivity contribution < 1.29 is 4.79 Å². The quantitative estimate of drug-likeness (QED) is 0.325. The molecule has 1 amide bonds. The van der Waals surface area contributed by atoms with Crippen LogP contribution in [0.1, 0.15) is 16.7 Å². The lowest BCUT2D eigenvalue weighted by Gasteiger charge is -2.20. The number of aliphatic imine (C=N–C) groups is 1.